The third-order valence-corrected chi connectivity index (χ3v) is 4.33. The molecule has 0 saturated carbocycles. The first-order chi connectivity index (χ1) is 13.2. The number of methoxy groups -OCH3 is 2. The van der Waals surface area contributed by atoms with Gasteiger partial charge < -0.3 is 9.47 Å². The highest BCUT2D eigenvalue weighted by molar-refractivity contribution is 5.97. The Morgan fingerprint density at radius 3 is 2.30 bits per heavy atom. The number of carbonyl (C=O) groups is 1. The van der Waals surface area contributed by atoms with Gasteiger partial charge in [-0.05, 0) is 54.8 Å². The predicted octanol–water partition coefficient (Wildman–Crippen LogP) is 3.99. The van der Waals surface area contributed by atoms with E-state index in [2.05, 4.69) is 17.0 Å². The summed E-state index contributed by atoms with van der Waals surface area (Å²) < 4.78 is 11.6. The van der Waals surface area contributed by atoms with Crippen molar-refractivity contribution in [3.8, 4) is 23.1 Å². The van der Waals surface area contributed by atoms with E-state index < -0.39 is 0 Å². The summed E-state index contributed by atoms with van der Waals surface area (Å²) in [6.07, 6.45) is 3.29. The molecule has 0 radical (unpaired) electrons. The molecule has 6 nitrogen and oxygen atoms in total. The highest BCUT2D eigenvalue weighted by Gasteiger charge is 2.19. The molecule has 1 aromatic heterocycles. The van der Waals surface area contributed by atoms with Crippen LogP contribution >= 0.6 is 0 Å². The number of carbonyl (C=O) groups excluding carboxylic acids is 1. The van der Waals surface area contributed by atoms with Crippen molar-refractivity contribution in [2.24, 2.45) is 0 Å². The smallest absolute Gasteiger partial charge is 0.336 e. The average Bonchev–Trinajstić information content (AvgIpc) is 3.16. The fourth-order valence-electron chi connectivity index (χ4n) is 2.77. The van der Waals surface area contributed by atoms with Crippen LogP contribution in [-0.4, -0.2) is 34.9 Å². The van der Waals surface area contributed by atoms with Crippen LogP contribution in [0.3, 0.4) is 0 Å². The Morgan fingerprint density at radius 2 is 1.70 bits per heavy atom. The summed E-state index contributed by atoms with van der Waals surface area (Å²) in [6, 6.07) is 15.1. The van der Waals surface area contributed by atoms with Gasteiger partial charge in [0.05, 0.1) is 14.2 Å². The molecule has 0 saturated heterocycles. The summed E-state index contributed by atoms with van der Waals surface area (Å²) in [4.78, 5) is 17.3. The molecule has 0 amide bonds. The maximum atomic E-state index is 13.0. The second-order valence-electron chi connectivity index (χ2n) is 6.17. The Bertz CT molecular complexity index is 899. The zero-order chi connectivity index (χ0) is 19.2. The van der Waals surface area contributed by atoms with Crippen molar-refractivity contribution < 1.29 is 14.3 Å². The summed E-state index contributed by atoms with van der Waals surface area (Å²) >= 11 is 0. The molecule has 0 fully saturated rings. The number of aromatic nitrogens is 3. The molecule has 3 rings (SSSR count). The SMILES string of the molecule is CCCCc1ccc(C(=O)n2nc(OC)nc2-c2ccc(OC)cc2)cc1. The molecule has 0 aliphatic carbocycles. The van der Waals surface area contributed by atoms with Crippen LogP contribution in [-0.2, 0) is 6.42 Å². The quantitative estimate of drug-likeness (QED) is 0.633. The van der Waals surface area contributed by atoms with E-state index in [1.165, 1.54) is 17.4 Å². The minimum Gasteiger partial charge on any atom is -0.497 e. The van der Waals surface area contributed by atoms with E-state index in [0.29, 0.717) is 11.4 Å². The largest absolute Gasteiger partial charge is 0.497 e. The second-order valence-corrected chi connectivity index (χ2v) is 6.17. The van der Waals surface area contributed by atoms with Gasteiger partial charge in [0.1, 0.15) is 5.75 Å². The number of unbranched alkanes of at least 4 members (excludes halogenated alkanes) is 1. The fourth-order valence-corrected chi connectivity index (χ4v) is 2.77. The van der Waals surface area contributed by atoms with Crippen LogP contribution in [0.5, 0.6) is 11.8 Å². The number of nitrogens with zero attached hydrogens (tertiary/aromatic N) is 3. The first-order valence-corrected chi connectivity index (χ1v) is 8.95. The average molecular weight is 365 g/mol. The molecule has 2 aromatic carbocycles. The Hall–Kier alpha value is -3.15. The Labute approximate surface area is 158 Å². The molecule has 6 heteroatoms. The van der Waals surface area contributed by atoms with Crippen LogP contribution in [0, 0.1) is 0 Å². The molecule has 27 heavy (non-hydrogen) atoms. The van der Waals surface area contributed by atoms with Crippen molar-refractivity contribution >= 4 is 5.91 Å². The topological polar surface area (TPSA) is 66.2 Å². The van der Waals surface area contributed by atoms with Crippen molar-refractivity contribution in [2.75, 3.05) is 14.2 Å². The molecule has 0 aliphatic heterocycles. The molecule has 0 aliphatic rings. The molecule has 3 aromatic rings. The van der Waals surface area contributed by atoms with Gasteiger partial charge in [0, 0.05) is 11.1 Å². The highest BCUT2D eigenvalue weighted by Crippen LogP contribution is 2.23. The third-order valence-electron chi connectivity index (χ3n) is 4.33. The van der Waals surface area contributed by atoms with E-state index in [0.717, 1.165) is 30.6 Å². The summed E-state index contributed by atoms with van der Waals surface area (Å²) in [5, 5.41) is 4.20. The van der Waals surface area contributed by atoms with Gasteiger partial charge >= 0.3 is 6.01 Å². The van der Waals surface area contributed by atoms with Gasteiger partial charge in [-0.3, -0.25) is 4.79 Å². The fraction of sp³-hybridized carbons (Fsp3) is 0.286. The predicted molar refractivity (Wildman–Crippen MR) is 103 cm³/mol. The lowest BCUT2D eigenvalue weighted by molar-refractivity contribution is 0.0945. The van der Waals surface area contributed by atoms with Crippen LogP contribution in [0.4, 0.5) is 0 Å². The molecule has 140 valence electrons. The minimum absolute atomic E-state index is 0.147. The van der Waals surface area contributed by atoms with Gasteiger partial charge in [-0.2, -0.15) is 9.67 Å². The minimum atomic E-state index is -0.251. The standard InChI is InChI=1S/C21H23N3O3/c1-4-5-6-15-7-9-17(10-8-15)20(25)24-19(22-21(23-24)27-3)16-11-13-18(26-2)14-12-16/h7-14H,4-6H2,1-3H3. The lowest BCUT2D eigenvalue weighted by atomic mass is 10.1. The lowest BCUT2D eigenvalue weighted by Crippen LogP contribution is -2.15. The molecule has 1 heterocycles. The number of ether oxygens (including phenoxy) is 2. The third kappa shape index (κ3) is 4.16. The van der Waals surface area contributed by atoms with Gasteiger partial charge in [-0.1, -0.05) is 25.5 Å². The molecular weight excluding hydrogens is 342 g/mol. The van der Waals surface area contributed by atoms with Gasteiger partial charge in [-0.15, -0.1) is 5.10 Å². The Kier molecular flexibility index (Phi) is 5.86. The molecule has 0 bridgehead atoms. The van der Waals surface area contributed by atoms with E-state index in [1.54, 1.807) is 7.11 Å². The van der Waals surface area contributed by atoms with Crippen LogP contribution in [0.2, 0.25) is 0 Å². The molecule has 0 N–H and O–H groups in total. The zero-order valence-electron chi connectivity index (χ0n) is 15.8. The highest BCUT2D eigenvalue weighted by atomic mass is 16.5. The van der Waals surface area contributed by atoms with Gasteiger partial charge in [0.2, 0.25) is 0 Å². The Balaban J connectivity index is 1.92. The lowest BCUT2D eigenvalue weighted by Gasteiger charge is -2.07. The van der Waals surface area contributed by atoms with Crippen LogP contribution in [0.25, 0.3) is 11.4 Å². The number of rotatable bonds is 7. The van der Waals surface area contributed by atoms with E-state index >= 15 is 0 Å². The van der Waals surface area contributed by atoms with Crippen LogP contribution in [0.15, 0.2) is 48.5 Å². The Morgan fingerprint density at radius 1 is 1.00 bits per heavy atom. The van der Waals surface area contributed by atoms with Crippen LogP contribution in [0.1, 0.15) is 35.7 Å². The maximum absolute atomic E-state index is 13.0. The van der Waals surface area contributed by atoms with E-state index in [1.807, 2.05) is 48.5 Å². The molecule has 0 spiro atoms. The maximum Gasteiger partial charge on any atom is 0.336 e. The monoisotopic (exact) mass is 365 g/mol. The van der Waals surface area contributed by atoms with E-state index in [4.69, 9.17) is 9.47 Å². The van der Waals surface area contributed by atoms with Gasteiger partial charge in [0.25, 0.3) is 5.91 Å². The molecular formula is C21H23N3O3. The molecule has 0 unspecified atom stereocenters. The van der Waals surface area contributed by atoms with Crippen LogP contribution < -0.4 is 9.47 Å². The summed E-state index contributed by atoms with van der Waals surface area (Å²) in [6.45, 7) is 2.16. The molecule has 0 atom stereocenters. The van der Waals surface area contributed by atoms with Crippen molar-refractivity contribution in [3.05, 3.63) is 59.7 Å². The van der Waals surface area contributed by atoms with Crippen molar-refractivity contribution in [3.63, 3.8) is 0 Å². The van der Waals surface area contributed by atoms with Crippen molar-refractivity contribution in [1.29, 1.82) is 0 Å². The second kappa shape index (κ2) is 8.49. The summed E-state index contributed by atoms with van der Waals surface area (Å²) in [5.74, 6) is 0.902. The van der Waals surface area contributed by atoms with Crippen molar-refractivity contribution in [1.82, 2.24) is 14.8 Å². The zero-order valence-corrected chi connectivity index (χ0v) is 15.8. The van der Waals surface area contributed by atoms with Gasteiger partial charge in [0.15, 0.2) is 5.82 Å². The van der Waals surface area contributed by atoms with E-state index in [-0.39, 0.29) is 11.9 Å². The summed E-state index contributed by atoms with van der Waals surface area (Å²) in [5.41, 5.74) is 2.53. The number of hydrogen-bond donors (Lipinski definition) is 0. The number of hydrogen-bond acceptors (Lipinski definition) is 5. The normalized spacial score (nSPS) is 10.6. The first kappa shape index (κ1) is 18.6. The first-order valence-electron chi connectivity index (χ1n) is 8.95. The van der Waals surface area contributed by atoms with Gasteiger partial charge in [-0.25, -0.2) is 0 Å². The number of aryl methyl sites for hydroxylation is 1. The van der Waals surface area contributed by atoms with E-state index in [9.17, 15) is 4.79 Å². The van der Waals surface area contributed by atoms with Crippen molar-refractivity contribution in [2.45, 2.75) is 26.2 Å². The summed E-state index contributed by atoms with van der Waals surface area (Å²) in [7, 11) is 3.08. The number of benzene rings is 2.